The Labute approximate surface area is 179 Å². The molecule has 1 atom stereocenters. The Morgan fingerprint density at radius 1 is 0.857 bits per heavy atom. The monoisotopic (exact) mass is 426 g/mol. The lowest BCUT2D eigenvalue weighted by molar-refractivity contribution is -0.877. The average molecular weight is 427 g/mol. The maximum absolute atomic E-state index is 5.93. The van der Waals surface area contributed by atoms with Crippen molar-refractivity contribution in [3.8, 4) is 0 Å². The van der Waals surface area contributed by atoms with Crippen LogP contribution in [0.25, 0.3) is 0 Å². The highest BCUT2D eigenvalue weighted by Gasteiger charge is 2.00. The number of quaternary nitrogens is 1. The number of anilines is 4. The van der Waals surface area contributed by atoms with Crippen molar-refractivity contribution in [1.29, 1.82) is 0 Å². The maximum atomic E-state index is 5.93. The highest BCUT2D eigenvalue weighted by atomic mass is 35.5. The molecule has 2 rings (SSSR count). The van der Waals surface area contributed by atoms with Crippen molar-refractivity contribution in [1.82, 2.24) is 0 Å². The van der Waals surface area contributed by atoms with Crippen molar-refractivity contribution in [3.63, 3.8) is 0 Å². The molecule has 0 fully saturated rings. The Morgan fingerprint density at radius 3 is 1.79 bits per heavy atom. The number of halogens is 2. The fraction of sp³-hybridized carbons (Fsp3) is 0.429. The molecule has 1 unspecified atom stereocenters. The van der Waals surface area contributed by atoms with Crippen molar-refractivity contribution in [2.45, 2.75) is 26.7 Å². The van der Waals surface area contributed by atoms with E-state index in [0.717, 1.165) is 37.3 Å². The van der Waals surface area contributed by atoms with E-state index in [1.54, 1.807) is 11.0 Å². The van der Waals surface area contributed by atoms with E-state index < -0.39 is 0 Å². The Balaban J connectivity index is 0.000000292. The van der Waals surface area contributed by atoms with Gasteiger partial charge in [-0.1, -0.05) is 30.1 Å². The zero-order chi connectivity index (χ0) is 20.9. The lowest BCUT2D eigenvalue weighted by Crippen LogP contribution is -3.08. The number of nitrogens with one attached hydrogen (secondary N) is 3. The Morgan fingerprint density at radius 2 is 1.36 bits per heavy atom. The molecule has 0 radical (unpaired) electrons. The molecule has 0 aliphatic rings. The Kier molecular flexibility index (Phi) is 11.6. The summed E-state index contributed by atoms with van der Waals surface area (Å²) in [5, 5.41) is 7.78. The molecule has 28 heavy (non-hydrogen) atoms. The quantitative estimate of drug-likeness (QED) is 0.310. The average Bonchev–Trinajstić information content (AvgIpc) is 2.69. The topological polar surface area (TPSA) is 80.5 Å². The molecule has 7 N–H and O–H groups in total. The maximum Gasteiger partial charge on any atom is 0.0785 e. The minimum absolute atomic E-state index is 0.608. The van der Waals surface area contributed by atoms with Gasteiger partial charge in [-0.15, -0.1) is 0 Å². The molecule has 2 aromatic rings. The highest BCUT2D eigenvalue weighted by molar-refractivity contribution is 6.33. The number of benzene rings is 2. The molecule has 0 aliphatic heterocycles. The van der Waals surface area contributed by atoms with Crippen LogP contribution in [0.5, 0.6) is 0 Å². The first-order chi connectivity index (χ1) is 13.4. The van der Waals surface area contributed by atoms with Crippen molar-refractivity contribution >= 4 is 46.0 Å². The molecular formula is C21H34Cl2N5+. The second kappa shape index (κ2) is 13.4. The van der Waals surface area contributed by atoms with Crippen molar-refractivity contribution in [2.24, 2.45) is 0 Å². The second-order valence-corrected chi connectivity index (χ2v) is 7.55. The molecule has 7 heteroatoms. The fourth-order valence-corrected chi connectivity index (χ4v) is 2.70. The number of hydrogen-bond donors (Lipinski definition) is 5. The zero-order valence-corrected chi connectivity index (χ0v) is 18.6. The summed E-state index contributed by atoms with van der Waals surface area (Å²) in [6, 6.07) is 11.2. The summed E-state index contributed by atoms with van der Waals surface area (Å²) in [6.45, 7) is 8.60. The van der Waals surface area contributed by atoms with E-state index in [0.29, 0.717) is 21.4 Å². The van der Waals surface area contributed by atoms with Crippen LogP contribution in [0.15, 0.2) is 36.4 Å². The van der Waals surface area contributed by atoms with Crippen LogP contribution < -0.4 is 27.0 Å². The van der Waals surface area contributed by atoms with Crippen LogP contribution in [-0.2, 0) is 0 Å². The zero-order valence-electron chi connectivity index (χ0n) is 17.1. The molecular weight excluding hydrogens is 393 g/mol. The summed E-state index contributed by atoms with van der Waals surface area (Å²) >= 11 is 11.8. The number of hydrogen-bond acceptors (Lipinski definition) is 4. The molecule has 0 spiro atoms. The standard InChI is InChI=1S/C12H20ClN3.C9H13ClN2/c1-3-16(2)8-4-7-15-10-5-6-12(14)11(13)9-10;1-2-5-12-7-3-4-9(11)8(10)6-7/h5-6,9,15H,3-4,7-8,14H2,1-2H3;3-4,6,12H,2,5,11H2,1H3/p+1. The first-order valence-corrected chi connectivity index (χ1v) is 10.5. The van der Waals surface area contributed by atoms with Crippen LogP contribution in [0.1, 0.15) is 26.7 Å². The van der Waals surface area contributed by atoms with E-state index in [4.69, 9.17) is 34.7 Å². The van der Waals surface area contributed by atoms with E-state index >= 15 is 0 Å². The largest absolute Gasteiger partial charge is 0.398 e. The van der Waals surface area contributed by atoms with E-state index in [1.807, 2.05) is 30.3 Å². The van der Waals surface area contributed by atoms with Gasteiger partial charge in [0.15, 0.2) is 0 Å². The molecule has 0 heterocycles. The van der Waals surface area contributed by atoms with Crippen LogP contribution in [0.2, 0.25) is 10.0 Å². The third kappa shape index (κ3) is 9.40. The van der Waals surface area contributed by atoms with Gasteiger partial charge in [-0.25, -0.2) is 0 Å². The van der Waals surface area contributed by atoms with Crippen molar-refractivity contribution < 1.29 is 4.90 Å². The van der Waals surface area contributed by atoms with Crippen LogP contribution in [0.4, 0.5) is 22.7 Å². The van der Waals surface area contributed by atoms with Gasteiger partial charge in [0.2, 0.25) is 0 Å². The van der Waals surface area contributed by atoms with Gasteiger partial charge in [0.05, 0.1) is 41.6 Å². The van der Waals surface area contributed by atoms with Crippen LogP contribution in [0.3, 0.4) is 0 Å². The minimum atomic E-state index is 0.608. The van der Waals surface area contributed by atoms with Gasteiger partial charge in [0.25, 0.3) is 0 Å². The molecule has 0 saturated heterocycles. The minimum Gasteiger partial charge on any atom is -0.398 e. The van der Waals surface area contributed by atoms with Gasteiger partial charge in [-0.3, -0.25) is 0 Å². The predicted molar refractivity (Wildman–Crippen MR) is 126 cm³/mol. The smallest absolute Gasteiger partial charge is 0.0785 e. The molecule has 0 amide bonds. The summed E-state index contributed by atoms with van der Waals surface area (Å²) in [4.78, 5) is 1.55. The number of nitrogens with two attached hydrogens (primary N) is 2. The van der Waals surface area contributed by atoms with Crippen molar-refractivity contribution in [2.75, 3.05) is 55.3 Å². The van der Waals surface area contributed by atoms with Crippen LogP contribution in [0, 0.1) is 0 Å². The van der Waals surface area contributed by atoms with Gasteiger partial charge in [0, 0.05) is 30.9 Å². The first kappa shape index (κ1) is 24.2. The second-order valence-electron chi connectivity index (χ2n) is 6.74. The SMILES string of the molecule is CCCNc1ccc(N)c(Cl)c1.CC[NH+](C)CCCNc1ccc(N)c(Cl)c1. The Hall–Kier alpha value is -1.82. The van der Waals surface area contributed by atoms with E-state index in [1.165, 1.54) is 13.1 Å². The van der Waals surface area contributed by atoms with Crippen LogP contribution >= 0.6 is 23.2 Å². The molecule has 2 aromatic carbocycles. The molecule has 0 aromatic heterocycles. The Bertz CT molecular complexity index is 709. The number of rotatable bonds is 9. The normalized spacial score (nSPS) is 11.3. The summed E-state index contributed by atoms with van der Waals surface area (Å²) in [5.41, 5.74) is 14.5. The molecule has 5 nitrogen and oxygen atoms in total. The third-order valence-corrected chi connectivity index (χ3v) is 4.95. The summed E-state index contributed by atoms with van der Waals surface area (Å²) < 4.78 is 0. The van der Waals surface area contributed by atoms with Gasteiger partial charge >= 0.3 is 0 Å². The van der Waals surface area contributed by atoms with Gasteiger partial charge < -0.3 is 27.0 Å². The highest BCUT2D eigenvalue weighted by Crippen LogP contribution is 2.23. The lowest BCUT2D eigenvalue weighted by atomic mass is 10.2. The van der Waals surface area contributed by atoms with E-state index in [2.05, 4.69) is 31.5 Å². The number of nitrogen functional groups attached to an aromatic ring is 2. The van der Waals surface area contributed by atoms with E-state index in [-0.39, 0.29) is 0 Å². The van der Waals surface area contributed by atoms with Gasteiger partial charge in [-0.05, 0) is 49.7 Å². The molecule has 0 bridgehead atoms. The fourth-order valence-electron chi connectivity index (χ4n) is 2.34. The first-order valence-electron chi connectivity index (χ1n) is 9.76. The molecule has 156 valence electrons. The summed E-state index contributed by atoms with van der Waals surface area (Å²) in [5.74, 6) is 0. The predicted octanol–water partition coefficient (Wildman–Crippen LogP) is 4.00. The molecule has 0 aliphatic carbocycles. The molecule has 0 saturated carbocycles. The van der Waals surface area contributed by atoms with Gasteiger partial charge in [-0.2, -0.15) is 0 Å². The van der Waals surface area contributed by atoms with Crippen molar-refractivity contribution in [3.05, 3.63) is 46.4 Å². The van der Waals surface area contributed by atoms with E-state index in [9.17, 15) is 0 Å². The van der Waals surface area contributed by atoms with Crippen LogP contribution in [-0.4, -0.2) is 33.2 Å². The third-order valence-electron chi connectivity index (χ3n) is 4.29. The summed E-state index contributed by atoms with van der Waals surface area (Å²) in [7, 11) is 2.21. The summed E-state index contributed by atoms with van der Waals surface area (Å²) in [6.07, 6.45) is 2.25. The van der Waals surface area contributed by atoms with Gasteiger partial charge in [0.1, 0.15) is 0 Å². The lowest BCUT2D eigenvalue weighted by Gasteiger charge is -2.12.